The van der Waals surface area contributed by atoms with Gasteiger partial charge in [0.25, 0.3) is 25.8 Å². The van der Waals surface area contributed by atoms with Gasteiger partial charge in [-0.15, -0.1) is 0 Å². The largest absolute Gasteiger partial charge is 0.490 e. The summed E-state index contributed by atoms with van der Waals surface area (Å²) in [5.74, 6) is 5.72. The van der Waals surface area contributed by atoms with E-state index in [-0.39, 0.29) is 108 Å². The highest BCUT2D eigenvalue weighted by atomic mass is 33.1. The minimum absolute atomic E-state index is 0.00902. The number of phosphoric ester groups is 1. The summed E-state index contributed by atoms with van der Waals surface area (Å²) in [6.45, 7) is 16.5. The van der Waals surface area contributed by atoms with Crippen LogP contribution in [0.25, 0.3) is 11.0 Å². The number of likely N-dealkylation sites (N-methyl/N-ethyl adjacent to an activating group) is 1. The third-order valence-corrected chi connectivity index (χ3v) is 27.4. The second-order valence-corrected chi connectivity index (χ2v) is 39.5. The fraction of sp³-hybridized carbons (Fsp3) is 0.552. The first-order valence-corrected chi connectivity index (χ1v) is 47.6. The van der Waals surface area contributed by atoms with Crippen molar-refractivity contribution in [2.75, 3.05) is 114 Å². The van der Waals surface area contributed by atoms with Gasteiger partial charge >= 0.3 is 35.7 Å². The molecule has 0 spiro atoms. The van der Waals surface area contributed by atoms with Gasteiger partial charge in [0.2, 0.25) is 17.5 Å². The number of anilines is 2. The predicted molar refractivity (Wildman–Crippen MR) is 424 cm³/mol. The lowest BCUT2D eigenvalue weighted by molar-refractivity contribution is -0.438. The number of benzene rings is 2. The molecular weight excluding hydrogens is 1650 g/mol. The van der Waals surface area contributed by atoms with Crippen molar-refractivity contribution in [1.82, 2.24) is 30.5 Å². The van der Waals surface area contributed by atoms with Gasteiger partial charge < -0.3 is 83.9 Å². The van der Waals surface area contributed by atoms with Crippen molar-refractivity contribution in [3.8, 4) is 11.8 Å². The van der Waals surface area contributed by atoms with Gasteiger partial charge in [-0.1, -0.05) is 87.1 Å². The Balaban J connectivity index is 0.700. The molecule has 1 fully saturated rings. The quantitative estimate of drug-likeness (QED) is 0.00286. The molecule has 0 radical (unpaired) electrons. The van der Waals surface area contributed by atoms with E-state index in [1.54, 1.807) is 29.2 Å². The zero-order valence-corrected chi connectivity index (χ0v) is 70.4. The summed E-state index contributed by atoms with van der Waals surface area (Å²) in [6, 6.07) is 9.22. The number of rotatable bonds is 46. The smallest absolute Gasteiger partial charge is 0.450 e. The molecule has 3 amide bonds. The van der Waals surface area contributed by atoms with Gasteiger partial charge in [0.05, 0.1) is 85.1 Å². The predicted octanol–water partition coefficient (Wildman–Crippen LogP) is 9.49. The van der Waals surface area contributed by atoms with Crippen LogP contribution in [0.1, 0.15) is 123 Å². The molecule has 45 heteroatoms. The van der Waals surface area contributed by atoms with E-state index in [1.165, 1.54) is 67.4 Å². The van der Waals surface area contributed by atoms with E-state index < -0.39 is 97.3 Å². The zero-order valence-electron chi connectivity index (χ0n) is 62.8. The molecule has 0 bridgehead atoms. The van der Waals surface area contributed by atoms with Gasteiger partial charge in [-0.2, -0.15) is 35.0 Å². The molecule has 36 nitrogen and oxygen atoms in total. The average molecular weight is 1750 g/mol. The molecule has 7 rings (SSSR count). The van der Waals surface area contributed by atoms with Crippen LogP contribution in [0.15, 0.2) is 93.3 Å². The van der Waals surface area contributed by atoms with Crippen LogP contribution in [0.5, 0.6) is 0 Å². The summed E-state index contributed by atoms with van der Waals surface area (Å²) < 4.78 is 159. The summed E-state index contributed by atoms with van der Waals surface area (Å²) in [5.41, 5.74) is 9.23. The second kappa shape index (κ2) is 42.5. The van der Waals surface area contributed by atoms with Gasteiger partial charge in [0, 0.05) is 91.0 Å². The Hall–Kier alpha value is -5.65. The number of aromatic nitrogens is 3. The molecule has 112 heavy (non-hydrogen) atoms. The number of hydrogen-bond donors (Lipinski definition) is 11. The molecule has 5 heterocycles. The van der Waals surface area contributed by atoms with Crippen LogP contribution in [0.4, 0.5) is 26.9 Å². The monoisotopic (exact) mass is 1740 g/mol. The Morgan fingerprint density at radius 2 is 1.47 bits per heavy atom. The van der Waals surface area contributed by atoms with E-state index in [9.17, 15) is 68.6 Å². The average Bonchev–Trinajstić information content (AvgIpc) is 1.60. The highest BCUT2D eigenvalue weighted by Gasteiger charge is 2.47. The lowest BCUT2D eigenvalue weighted by atomic mass is 9.81. The summed E-state index contributed by atoms with van der Waals surface area (Å²) in [7, 11) is -20.0. The third-order valence-electron chi connectivity index (χ3n) is 17.4. The van der Waals surface area contributed by atoms with Crippen LogP contribution in [-0.2, 0) is 95.9 Å². The number of aromatic amines is 1. The first-order chi connectivity index (χ1) is 52.7. The van der Waals surface area contributed by atoms with Crippen LogP contribution in [0, 0.1) is 11.8 Å². The van der Waals surface area contributed by atoms with E-state index in [2.05, 4.69) is 55.9 Å². The lowest BCUT2D eigenvalue weighted by Gasteiger charge is -2.25. The normalized spacial score (nSPS) is 18.4. The molecule has 1 saturated heterocycles. The highest BCUT2D eigenvalue weighted by Crippen LogP contribution is 2.66. The number of carbonyl (C=O) groups excluding carboxylic acids is 3. The number of hydrogen-bond acceptors (Lipinski definition) is 28. The van der Waals surface area contributed by atoms with E-state index in [1.807, 2.05) is 78.8 Å². The number of phosphoric acid groups is 3. The maximum atomic E-state index is 13.2. The first kappa shape index (κ1) is 93.5. The molecule has 12 N–H and O–H groups in total. The van der Waals surface area contributed by atoms with Gasteiger partial charge in [0.15, 0.2) is 11.4 Å². The van der Waals surface area contributed by atoms with E-state index >= 15 is 0 Å². The van der Waals surface area contributed by atoms with Crippen LogP contribution in [0.3, 0.4) is 0 Å². The maximum absolute atomic E-state index is 13.2. The Labute approximate surface area is 665 Å². The summed E-state index contributed by atoms with van der Waals surface area (Å²) in [5, 5.41) is 8.06. The first-order valence-electron chi connectivity index (χ1n) is 35.1. The fourth-order valence-electron chi connectivity index (χ4n) is 12.1. The number of H-pyrrole nitrogens is 1. The number of nitrogens with two attached hydrogens (primary N) is 1. The van der Waals surface area contributed by atoms with Crippen molar-refractivity contribution in [3.63, 3.8) is 0 Å². The van der Waals surface area contributed by atoms with Crippen LogP contribution >= 0.6 is 66.6 Å². The van der Waals surface area contributed by atoms with Gasteiger partial charge in [0.1, 0.15) is 30.8 Å². The molecule has 2 unspecified atom stereocenters. The van der Waals surface area contributed by atoms with Crippen LogP contribution in [0.2, 0.25) is 0 Å². The Kier molecular flexibility index (Phi) is 35.5. The SMILES string of the molecule is CCN1\C(=C/C=C/C=C/C2=[N+](CCCCCC(=O)NCCOCCOCCNC(=O)OCCC(C)(C)SSCOCCCCOC(=O)NCC#Cc3cn([C@H]4C[C@H](OCSSC)[C@@H](COP(=O)(O)OP(=O)(O)OP(=O)(O)O)O4)c4nc(N)[nH]c(=O)c34)c3ccc(S(=O)(=O)O)cc3C2(C)C)C(C)(C)c2cc(S(=O)(=O)O)ccc21. The van der Waals surface area contributed by atoms with E-state index in [0.29, 0.717) is 64.3 Å². The maximum Gasteiger partial charge on any atom is 0.490 e. The van der Waals surface area contributed by atoms with Crippen LogP contribution < -0.4 is 32.1 Å². The topological polar surface area (TPSA) is 503 Å². The number of alkyl carbamates (subject to hydrolysis) is 2. The van der Waals surface area contributed by atoms with Crippen molar-refractivity contribution in [2.45, 2.75) is 144 Å². The lowest BCUT2D eigenvalue weighted by Crippen LogP contribution is -2.30. The molecule has 2 aromatic carbocycles. The number of unbranched alkanes of at least 4 members (excludes halogenated alkanes) is 3. The van der Waals surface area contributed by atoms with Crippen LogP contribution in [-0.4, -0.2) is 209 Å². The summed E-state index contributed by atoms with van der Waals surface area (Å²) >= 11 is 0. The number of nitrogens with zero attached hydrogens (tertiary/aromatic N) is 4. The standard InChI is InChI=1S/C67H96N9O27P3S6/c1-9-74-51-25-23-47(111(88,89)90)39-49(51)66(4,5)55(74)20-12-10-13-21-56-67(6,7)50-40-48(112(91,92)93)24-26-52(50)75(56)31-15-11-14-22-57(77)69-29-35-94-37-38-95-36-30-71-64(80)98-34-27-65(2,3)110-109-44-96-32-16-17-33-97-63(79)70-28-18-19-46-42-76(60-59(46)61(78)73-62(68)72-60)58-41-53(99-45-108-107-8)54(101-58)43-100-105(84,85)103-106(86,87)102-104(81,82)83/h10,12-13,20-21,23-26,39-40,42,53-54,58H,9,11,14-17,22,27-38,41,43-45H2,1-8H3,(H11-,68,69,70,71,72,73,77,78,79,80,81,82,83,84,85,86,87,88,89,90,91,92,93)/p+1/t53-,54+,58+/m0/s1. The van der Waals surface area contributed by atoms with Gasteiger partial charge in [-0.3, -0.25) is 28.2 Å². The van der Waals surface area contributed by atoms with Crippen molar-refractivity contribution < 1.29 is 124 Å². The van der Waals surface area contributed by atoms with Crippen molar-refractivity contribution in [2.24, 2.45) is 0 Å². The van der Waals surface area contributed by atoms with E-state index in [4.69, 9.17) is 53.2 Å². The number of nitrogens with one attached hydrogen (secondary N) is 4. The molecule has 622 valence electrons. The molecular formula is C67H97N9O27P3S6+. The number of ether oxygens (including phenoxy) is 7. The summed E-state index contributed by atoms with van der Waals surface area (Å²) in [6.07, 6.45) is 12.6. The van der Waals surface area contributed by atoms with Crippen molar-refractivity contribution >= 4 is 139 Å². The molecule has 4 aromatic rings. The molecule has 5 atom stereocenters. The van der Waals surface area contributed by atoms with Gasteiger partial charge in [-0.25, -0.2) is 23.3 Å². The van der Waals surface area contributed by atoms with E-state index in [0.717, 1.165) is 46.8 Å². The Morgan fingerprint density at radius 3 is 2.16 bits per heavy atom. The Bertz CT molecular complexity index is 4600. The number of fused-ring (bicyclic) bond motifs is 3. The number of carbonyl (C=O) groups is 3. The number of amides is 3. The minimum atomic E-state index is -5.80. The minimum Gasteiger partial charge on any atom is -0.450 e. The Morgan fingerprint density at radius 1 is 0.804 bits per heavy atom. The summed E-state index contributed by atoms with van der Waals surface area (Å²) in [4.78, 5) is 96.4. The number of nitrogen functional groups attached to an aromatic ring is 1. The molecule has 3 aliphatic rings. The fourth-order valence-corrected chi connectivity index (χ4v) is 19.2. The van der Waals surface area contributed by atoms with Crippen molar-refractivity contribution in [3.05, 3.63) is 106 Å². The zero-order chi connectivity index (χ0) is 82.3. The van der Waals surface area contributed by atoms with Gasteiger partial charge in [-0.05, 0) is 115 Å². The third kappa shape index (κ3) is 28.6. The molecule has 0 aliphatic carbocycles. The molecule has 2 aromatic heterocycles. The second-order valence-electron chi connectivity index (χ2n) is 26.8. The highest BCUT2D eigenvalue weighted by molar-refractivity contribution is 8.77. The number of allylic oxidation sites excluding steroid dienone is 6. The molecule has 3 aliphatic heterocycles. The van der Waals surface area contributed by atoms with Crippen molar-refractivity contribution in [1.29, 1.82) is 0 Å². The molecule has 0 saturated carbocycles.